The van der Waals surface area contributed by atoms with Crippen LogP contribution in [0.25, 0.3) is 0 Å². The number of ketones is 1. The van der Waals surface area contributed by atoms with E-state index in [-0.39, 0.29) is 5.78 Å². The molecule has 4 heteroatoms. The van der Waals surface area contributed by atoms with E-state index < -0.39 is 0 Å². The monoisotopic (exact) mass is 252 g/mol. The third-order valence-electron chi connectivity index (χ3n) is 3.37. The third-order valence-corrected chi connectivity index (χ3v) is 4.60. The maximum absolute atomic E-state index is 11.7. The maximum atomic E-state index is 11.7. The number of anilines is 1. The van der Waals surface area contributed by atoms with Crippen molar-refractivity contribution in [1.29, 1.82) is 0 Å². The van der Waals surface area contributed by atoms with Crippen molar-refractivity contribution in [3.63, 3.8) is 0 Å². The molecule has 2 rings (SSSR count). The lowest BCUT2D eigenvalue weighted by atomic mass is 10.0. The molecule has 0 spiro atoms. The van der Waals surface area contributed by atoms with Crippen LogP contribution in [0.5, 0.6) is 0 Å². The summed E-state index contributed by atoms with van der Waals surface area (Å²) in [7, 11) is 2.07. The fourth-order valence-corrected chi connectivity index (χ4v) is 3.18. The zero-order chi connectivity index (χ0) is 12.4. The average molecular weight is 252 g/mol. The highest BCUT2D eigenvalue weighted by Gasteiger charge is 2.23. The van der Waals surface area contributed by atoms with Gasteiger partial charge in [0, 0.05) is 24.9 Å². The summed E-state index contributed by atoms with van der Waals surface area (Å²) in [5, 5.41) is 1.01. The van der Waals surface area contributed by atoms with E-state index in [9.17, 15) is 4.79 Å². The van der Waals surface area contributed by atoms with Crippen LogP contribution in [0.3, 0.4) is 0 Å². The van der Waals surface area contributed by atoms with Crippen molar-refractivity contribution in [2.24, 2.45) is 5.92 Å². The molecule has 1 atom stereocenters. The van der Waals surface area contributed by atoms with Crippen molar-refractivity contribution >= 4 is 22.3 Å². The first-order valence-corrected chi connectivity index (χ1v) is 7.17. The molecule has 1 aromatic rings. The zero-order valence-electron chi connectivity index (χ0n) is 10.8. The number of aromatic nitrogens is 1. The van der Waals surface area contributed by atoms with E-state index in [0.717, 1.165) is 30.2 Å². The van der Waals surface area contributed by atoms with Gasteiger partial charge in [0.2, 0.25) is 0 Å². The summed E-state index contributed by atoms with van der Waals surface area (Å²) in [4.78, 5) is 19.6. The molecule has 0 bridgehead atoms. The molecular formula is C13H20N2OS. The SMILES string of the molecule is CCC(C)CN(C)c1nc2c(s1)CCCC2=O. The predicted octanol–water partition coefficient (Wildman–Crippen LogP) is 3.14. The van der Waals surface area contributed by atoms with Crippen LogP contribution in [0.15, 0.2) is 0 Å². The largest absolute Gasteiger partial charge is 0.351 e. The number of hydrogen-bond donors (Lipinski definition) is 0. The Bertz CT molecular complexity index is 414. The first kappa shape index (κ1) is 12.6. The van der Waals surface area contributed by atoms with Gasteiger partial charge in [0.15, 0.2) is 10.9 Å². The Morgan fingerprint density at radius 1 is 1.47 bits per heavy atom. The lowest BCUT2D eigenvalue weighted by molar-refractivity contribution is 0.0968. The van der Waals surface area contributed by atoms with E-state index in [2.05, 4.69) is 30.8 Å². The molecule has 0 aromatic carbocycles. The van der Waals surface area contributed by atoms with Gasteiger partial charge in [-0.2, -0.15) is 0 Å². The maximum Gasteiger partial charge on any atom is 0.185 e. The Morgan fingerprint density at radius 2 is 2.24 bits per heavy atom. The molecular weight excluding hydrogens is 232 g/mol. The van der Waals surface area contributed by atoms with Gasteiger partial charge < -0.3 is 4.90 Å². The molecule has 1 aliphatic rings. The van der Waals surface area contributed by atoms with Crippen LogP contribution in [0.2, 0.25) is 0 Å². The number of rotatable bonds is 4. The first-order chi connectivity index (χ1) is 8.11. The van der Waals surface area contributed by atoms with Gasteiger partial charge in [0.05, 0.1) is 0 Å². The molecule has 3 nitrogen and oxygen atoms in total. The highest BCUT2D eigenvalue weighted by Crippen LogP contribution is 2.31. The summed E-state index contributed by atoms with van der Waals surface area (Å²) in [5.74, 6) is 0.891. The molecule has 0 saturated heterocycles. The number of fused-ring (bicyclic) bond motifs is 1. The van der Waals surface area contributed by atoms with Crippen LogP contribution in [0, 0.1) is 5.92 Å². The van der Waals surface area contributed by atoms with Gasteiger partial charge in [0.1, 0.15) is 5.69 Å². The predicted molar refractivity (Wildman–Crippen MR) is 72.1 cm³/mol. The molecule has 0 radical (unpaired) electrons. The van der Waals surface area contributed by atoms with Crippen molar-refractivity contribution in [3.05, 3.63) is 10.6 Å². The Labute approximate surface area is 107 Å². The summed E-state index contributed by atoms with van der Waals surface area (Å²) >= 11 is 1.69. The second-order valence-corrected chi connectivity index (χ2v) is 6.00. The second-order valence-electron chi connectivity index (χ2n) is 4.94. The van der Waals surface area contributed by atoms with Gasteiger partial charge in [-0.05, 0) is 18.8 Å². The second kappa shape index (κ2) is 5.17. The lowest BCUT2D eigenvalue weighted by Crippen LogP contribution is -2.23. The summed E-state index contributed by atoms with van der Waals surface area (Å²) in [5.41, 5.74) is 0.743. The summed E-state index contributed by atoms with van der Waals surface area (Å²) in [6.07, 6.45) is 3.86. The number of carbonyl (C=O) groups excluding carboxylic acids is 1. The molecule has 0 saturated carbocycles. The van der Waals surface area contributed by atoms with Gasteiger partial charge in [-0.15, -0.1) is 11.3 Å². The van der Waals surface area contributed by atoms with E-state index >= 15 is 0 Å². The smallest absolute Gasteiger partial charge is 0.185 e. The number of thiazole rings is 1. The highest BCUT2D eigenvalue weighted by atomic mass is 32.1. The average Bonchev–Trinajstić information content (AvgIpc) is 2.74. The summed E-state index contributed by atoms with van der Waals surface area (Å²) in [6.45, 7) is 5.46. The van der Waals surface area contributed by atoms with Crippen LogP contribution in [0.1, 0.15) is 48.5 Å². The minimum Gasteiger partial charge on any atom is -0.351 e. The van der Waals surface area contributed by atoms with Gasteiger partial charge in [-0.3, -0.25) is 4.79 Å². The molecule has 0 fully saturated rings. The van der Waals surface area contributed by atoms with Crippen LogP contribution < -0.4 is 4.90 Å². The molecule has 0 aliphatic heterocycles. The van der Waals surface area contributed by atoms with Crippen LogP contribution in [-0.2, 0) is 6.42 Å². The van der Waals surface area contributed by atoms with E-state index in [0.29, 0.717) is 12.3 Å². The van der Waals surface area contributed by atoms with E-state index in [1.807, 2.05) is 0 Å². The normalized spacial score (nSPS) is 16.8. The Kier molecular flexibility index (Phi) is 3.82. The number of nitrogens with zero attached hydrogens (tertiary/aromatic N) is 2. The Hall–Kier alpha value is -0.900. The first-order valence-electron chi connectivity index (χ1n) is 6.35. The quantitative estimate of drug-likeness (QED) is 0.825. The standard InChI is InChI=1S/C13H20N2OS/c1-4-9(2)8-15(3)13-14-12-10(16)6-5-7-11(12)17-13/h9H,4-8H2,1-3H3. The topological polar surface area (TPSA) is 33.2 Å². The zero-order valence-corrected chi connectivity index (χ0v) is 11.6. The van der Waals surface area contributed by atoms with E-state index in [1.165, 1.54) is 11.3 Å². The third kappa shape index (κ3) is 2.68. The minimum absolute atomic E-state index is 0.227. The molecule has 0 N–H and O–H groups in total. The molecule has 1 heterocycles. The van der Waals surface area contributed by atoms with Gasteiger partial charge in [0.25, 0.3) is 0 Å². The number of carbonyl (C=O) groups is 1. The van der Waals surface area contributed by atoms with E-state index in [4.69, 9.17) is 0 Å². The Morgan fingerprint density at radius 3 is 2.88 bits per heavy atom. The molecule has 17 heavy (non-hydrogen) atoms. The van der Waals surface area contributed by atoms with Crippen LogP contribution in [0.4, 0.5) is 5.13 Å². The minimum atomic E-state index is 0.227. The highest BCUT2D eigenvalue weighted by molar-refractivity contribution is 7.16. The van der Waals surface area contributed by atoms with Gasteiger partial charge in [-0.25, -0.2) is 4.98 Å². The molecule has 1 unspecified atom stereocenters. The fraction of sp³-hybridized carbons (Fsp3) is 0.692. The number of Topliss-reactive ketones (excluding diaryl/α,β-unsaturated/α-hetero) is 1. The van der Waals surface area contributed by atoms with Crippen molar-refractivity contribution in [3.8, 4) is 0 Å². The molecule has 1 aliphatic carbocycles. The lowest BCUT2D eigenvalue weighted by Gasteiger charge is -2.19. The molecule has 94 valence electrons. The Balaban J connectivity index is 2.14. The molecule has 1 aromatic heterocycles. The van der Waals surface area contributed by atoms with Crippen LogP contribution >= 0.6 is 11.3 Å². The van der Waals surface area contributed by atoms with Gasteiger partial charge in [-0.1, -0.05) is 20.3 Å². The number of aryl methyl sites for hydroxylation is 1. The van der Waals surface area contributed by atoms with E-state index in [1.54, 1.807) is 11.3 Å². The summed E-state index contributed by atoms with van der Waals surface area (Å²) in [6, 6.07) is 0. The summed E-state index contributed by atoms with van der Waals surface area (Å²) < 4.78 is 0. The fourth-order valence-electron chi connectivity index (χ4n) is 2.09. The van der Waals surface area contributed by atoms with Crippen molar-refractivity contribution < 1.29 is 4.79 Å². The van der Waals surface area contributed by atoms with Crippen molar-refractivity contribution in [1.82, 2.24) is 4.98 Å². The van der Waals surface area contributed by atoms with Crippen LogP contribution in [-0.4, -0.2) is 24.4 Å². The van der Waals surface area contributed by atoms with Gasteiger partial charge >= 0.3 is 0 Å². The number of hydrogen-bond acceptors (Lipinski definition) is 4. The molecule has 0 amide bonds. The van der Waals surface area contributed by atoms with Crippen molar-refractivity contribution in [2.75, 3.05) is 18.5 Å². The van der Waals surface area contributed by atoms with Crippen molar-refractivity contribution in [2.45, 2.75) is 39.5 Å².